The van der Waals surface area contributed by atoms with Crippen molar-refractivity contribution in [3.63, 3.8) is 0 Å². The van der Waals surface area contributed by atoms with Gasteiger partial charge in [-0.2, -0.15) is 0 Å². The van der Waals surface area contributed by atoms with E-state index >= 15 is 0 Å². The average molecular weight is 145 g/mol. The third-order valence-electron chi connectivity index (χ3n) is 1.25. The van der Waals surface area contributed by atoms with Gasteiger partial charge in [0.15, 0.2) is 0 Å². The van der Waals surface area contributed by atoms with Gasteiger partial charge in [0.05, 0.1) is 6.61 Å². The Morgan fingerprint density at radius 2 is 2.10 bits per heavy atom. The number of nitrogens with one attached hydrogen (secondary N) is 1. The minimum Gasteiger partial charge on any atom is -0.302 e. The Labute approximate surface area is 63.9 Å². The van der Waals surface area contributed by atoms with Gasteiger partial charge in [0.1, 0.15) is 0 Å². The molecule has 0 aliphatic carbocycles. The Morgan fingerprint density at radius 1 is 1.40 bits per heavy atom. The van der Waals surface area contributed by atoms with Crippen LogP contribution in [-0.4, -0.2) is 13.2 Å². The fourth-order valence-corrected chi connectivity index (χ4v) is 0.541. The first-order chi connectivity index (χ1) is 4.77. The highest BCUT2D eigenvalue weighted by Crippen LogP contribution is 1.97. The van der Waals surface area contributed by atoms with E-state index in [0.29, 0.717) is 0 Å². The van der Waals surface area contributed by atoms with Gasteiger partial charge in [-0.05, 0) is 18.8 Å². The quantitative estimate of drug-likeness (QED) is 0.455. The number of hydroxylamine groups is 1. The van der Waals surface area contributed by atoms with E-state index in [1.807, 2.05) is 0 Å². The summed E-state index contributed by atoms with van der Waals surface area (Å²) >= 11 is 0. The van der Waals surface area contributed by atoms with Crippen LogP contribution < -0.4 is 5.48 Å². The first kappa shape index (κ1) is 9.92. The summed E-state index contributed by atoms with van der Waals surface area (Å²) in [7, 11) is 0. The first-order valence-electron chi connectivity index (χ1n) is 4.12. The van der Waals surface area contributed by atoms with Crippen LogP contribution in [0.1, 0.15) is 33.6 Å². The molecule has 0 saturated carbocycles. The van der Waals surface area contributed by atoms with Gasteiger partial charge < -0.3 is 4.84 Å². The van der Waals surface area contributed by atoms with Crippen molar-refractivity contribution in [3.05, 3.63) is 0 Å². The molecule has 10 heavy (non-hydrogen) atoms. The molecule has 0 fully saturated rings. The molecule has 0 aromatic heterocycles. The minimum atomic E-state index is 0.739. The van der Waals surface area contributed by atoms with Crippen molar-refractivity contribution in [3.8, 4) is 0 Å². The monoisotopic (exact) mass is 145 g/mol. The average Bonchev–Trinajstić information content (AvgIpc) is 1.87. The van der Waals surface area contributed by atoms with Crippen LogP contribution >= 0.6 is 0 Å². The second-order valence-electron chi connectivity index (χ2n) is 2.93. The van der Waals surface area contributed by atoms with E-state index in [1.54, 1.807) is 0 Å². The zero-order valence-electron chi connectivity index (χ0n) is 7.31. The zero-order chi connectivity index (χ0) is 7.82. The lowest BCUT2D eigenvalue weighted by Crippen LogP contribution is -2.16. The highest BCUT2D eigenvalue weighted by Gasteiger charge is 1.92. The Hall–Kier alpha value is -0.0800. The Balaban J connectivity index is 2.77. The van der Waals surface area contributed by atoms with E-state index in [9.17, 15) is 0 Å². The zero-order valence-corrected chi connectivity index (χ0v) is 7.31. The van der Waals surface area contributed by atoms with Crippen LogP contribution in [0.15, 0.2) is 0 Å². The van der Waals surface area contributed by atoms with Crippen LogP contribution in [0.5, 0.6) is 0 Å². The van der Waals surface area contributed by atoms with Crippen molar-refractivity contribution < 1.29 is 4.84 Å². The largest absolute Gasteiger partial charge is 0.302 e. The number of hydrogen-bond donors (Lipinski definition) is 1. The lowest BCUT2D eigenvalue weighted by molar-refractivity contribution is 0.0348. The summed E-state index contributed by atoms with van der Waals surface area (Å²) < 4.78 is 0. The van der Waals surface area contributed by atoms with Gasteiger partial charge in [0, 0.05) is 6.54 Å². The summed E-state index contributed by atoms with van der Waals surface area (Å²) in [6, 6.07) is 0. The maximum atomic E-state index is 5.13. The van der Waals surface area contributed by atoms with Crippen LogP contribution in [0.3, 0.4) is 0 Å². The Bertz CT molecular complexity index is 64.3. The minimum absolute atomic E-state index is 0.739. The summed E-state index contributed by atoms with van der Waals surface area (Å²) in [5, 5.41) is 0. The molecule has 0 aliphatic heterocycles. The second-order valence-corrected chi connectivity index (χ2v) is 2.93. The molecule has 0 aliphatic rings. The third kappa shape index (κ3) is 7.92. The van der Waals surface area contributed by atoms with Crippen LogP contribution in [-0.2, 0) is 4.84 Å². The van der Waals surface area contributed by atoms with Crippen molar-refractivity contribution in [1.29, 1.82) is 0 Å². The molecular formula is C8H19NO. The molecule has 0 spiro atoms. The smallest absolute Gasteiger partial charge is 0.0684 e. The summed E-state index contributed by atoms with van der Waals surface area (Å²) in [6.45, 7) is 8.31. The predicted octanol–water partition coefficient (Wildman–Crippen LogP) is 1.96. The summed E-state index contributed by atoms with van der Waals surface area (Å²) in [5.74, 6) is 0.739. The van der Waals surface area contributed by atoms with Crippen LogP contribution in [0.2, 0.25) is 0 Å². The molecule has 0 unspecified atom stereocenters. The SMILES string of the molecule is CCCNOCCC(C)C. The van der Waals surface area contributed by atoms with Crippen LogP contribution in [0.25, 0.3) is 0 Å². The standard InChI is InChI=1S/C8H19NO/c1-4-6-9-10-7-5-8(2)3/h8-9H,4-7H2,1-3H3. The molecule has 0 saturated heterocycles. The maximum absolute atomic E-state index is 5.13. The second kappa shape index (κ2) is 7.03. The van der Waals surface area contributed by atoms with Gasteiger partial charge in [0.25, 0.3) is 0 Å². The van der Waals surface area contributed by atoms with Crippen molar-refractivity contribution in [2.75, 3.05) is 13.2 Å². The summed E-state index contributed by atoms with van der Waals surface area (Å²) in [5.41, 5.74) is 2.89. The van der Waals surface area contributed by atoms with E-state index in [-0.39, 0.29) is 0 Å². The lowest BCUT2D eigenvalue weighted by Gasteiger charge is -2.05. The van der Waals surface area contributed by atoms with Crippen molar-refractivity contribution in [2.45, 2.75) is 33.6 Å². The fourth-order valence-electron chi connectivity index (χ4n) is 0.541. The Kier molecular flexibility index (Phi) is 6.98. The molecule has 0 rings (SSSR count). The van der Waals surface area contributed by atoms with Crippen molar-refractivity contribution >= 4 is 0 Å². The molecule has 0 aromatic rings. The molecule has 0 aromatic carbocycles. The van der Waals surface area contributed by atoms with Crippen LogP contribution in [0, 0.1) is 5.92 Å². The maximum Gasteiger partial charge on any atom is 0.0684 e. The molecule has 2 nitrogen and oxygen atoms in total. The van der Waals surface area contributed by atoms with E-state index in [4.69, 9.17) is 4.84 Å². The highest BCUT2D eigenvalue weighted by molar-refractivity contribution is 4.41. The molecule has 0 amide bonds. The van der Waals surface area contributed by atoms with Crippen molar-refractivity contribution in [1.82, 2.24) is 5.48 Å². The molecule has 0 bridgehead atoms. The van der Waals surface area contributed by atoms with E-state index < -0.39 is 0 Å². The molecule has 62 valence electrons. The van der Waals surface area contributed by atoms with Crippen molar-refractivity contribution in [2.24, 2.45) is 5.92 Å². The molecule has 1 N–H and O–H groups in total. The molecule has 0 atom stereocenters. The highest BCUT2D eigenvalue weighted by atomic mass is 16.6. The van der Waals surface area contributed by atoms with Gasteiger partial charge in [-0.15, -0.1) is 0 Å². The van der Waals surface area contributed by atoms with Gasteiger partial charge in [-0.25, -0.2) is 5.48 Å². The lowest BCUT2D eigenvalue weighted by atomic mass is 10.1. The van der Waals surface area contributed by atoms with Crippen LogP contribution in [0.4, 0.5) is 0 Å². The molecule has 0 heterocycles. The Morgan fingerprint density at radius 3 is 2.60 bits per heavy atom. The normalized spacial score (nSPS) is 10.8. The van der Waals surface area contributed by atoms with Gasteiger partial charge >= 0.3 is 0 Å². The van der Waals surface area contributed by atoms with Gasteiger partial charge in [-0.1, -0.05) is 20.8 Å². The van der Waals surface area contributed by atoms with E-state index in [0.717, 1.165) is 31.9 Å². The topological polar surface area (TPSA) is 21.3 Å². The molecule has 0 radical (unpaired) electrons. The van der Waals surface area contributed by atoms with E-state index in [1.165, 1.54) is 0 Å². The molecular weight excluding hydrogens is 126 g/mol. The summed E-state index contributed by atoms with van der Waals surface area (Å²) in [4.78, 5) is 5.13. The van der Waals surface area contributed by atoms with E-state index in [2.05, 4.69) is 26.3 Å². The predicted molar refractivity (Wildman–Crippen MR) is 43.7 cm³/mol. The fraction of sp³-hybridized carbons (Fsp3) is 1.00. The number of rotatable bonds is 6. The summed E-state index contributed by atoms with van der Waals surface area (Å²) in [6.07, 6.45) is 2.26. The first-order valence-corrected chi connectivity index (χ1v) is 4.12. The van der Waals surface area contributed by atoms with Gasteiger partial charge in [0.2, 0.25) is 0 Å². The number of hydrogen-bond acceptors (Lipinski definition) is 2. The third-order valence-corrected chi connectivity index (χ3v) is 1.25. The molecule has 2 heteroatoms. The van der Waals surface area contributed by atoms with Gasteiger partial charge in [-0.3, -0.25) is 0 Å².